The molecule has 1 heteroatoms. The molecule has 0 spiro atoms. The zero-order valence-corrected chi connectivity index (χ0v) is 8.81. The Hall–Kier alpha value is -0.590. The predicted octanol–water partition coefficient (Wildman–Crippen LogP) is 3.07. The van der Waals surface area contributed by atoms with Crippen LogP contribution < -0.4 is 0 Å². The van der Waals surface area contributed by atoms with Crippen LogP contribution >= 0.6 is 0 Å². The maximum Gasteiger partial charge on any atom is 0.0475 e. The fourth-order valence-electron chi connectivity index (χ4n) is 1.29. The molecule has 0 N–H and O–H groups in total. The Labute approximate surface area is 75.6 Å². The Morgan fingerprint density at radius 1 is 1.33 bits per heavy atom. The zero-order chi connectivity index (χ0) is 9.41. The monoisotopic (exact) mass is 165 g/mol. The first-order valence-electron chi connectivity index (χ1n) is 4.54. The smallest absolute Gasteiger partial charge is 0.0475 e. The van der Waals surface area contributed by atoms with Gasteiger partial charge in [0.1, 0.15) is 0 Å². The zero-order valence-electron chi connectivity index (χ0n) is 8.81. The van der Waals surface area contributed by atoms with Crippen LogP contribution in [0.4, 0.5) is 0 Å². The summed E-state index contributed by atoms with van der Waals surface area (Å²) in [6.45, 7) is 12.1. The fraction of sp³-hybridized carbons (Fsp3) is 0.727. The van der Waals surface area contributed by atoms with E-state index in [-0.39, 0.29) is 10.8 Å². The summed E-state index contributed by atoms with van der Waals surface area (Å²) in [6, 6.07) is 0. The SMILES string of the molecule is CC1(C)C=C(C(C)(C)C)C=NC1. The minimum absolute atomic E-state index is 0.237. The van der Waals surface area contributed by atoms with E-state index in [2.05, 4.69) is 45.7 Å². The lowest BCUT2D eigenvalue weighted by Crippen LogP contribution is -2.22. The molecule has 68 valence electrons. The molecule has 0 unspecified atom stereocenters. The van der Waals surface area contributed by atoms with Crippen molar-refractivity contribution in [2.75, 3.05) is 6.54 Å². The van der Waals surface area contributed by atoms with Gasteiger partial charge in [-0.1, -0.05) is 40.7 Å². The minimum Gasteiger partial charge on any atom is -0.292 e. The van der Waals surface area contributed by atoms with Crippen LogP contribution in [-0.2, 0) is 0 Å². The lowest BCUT2D eigenvalue weighted by molar-refractivity contribution is 0.455. The van der Waals surface area contributed by atoms with Gasteiger partial charge in [-0.05, 0) is 11.0 Å². The predicted molar refractivity (Wildman–Crippen MR) is 54.7 cm³/mol. The van der Waals surface area contributed by atoms with Crippen molar-refractivity contribution in [1.29, 1.82) is 0 Å². The van der Waals surface area contributed by atoms with Crippen molar-refractivity contribution >= 4 is 6.21 Å². The van der Waals surface area contributed by atoms with Gasteiger partial charge in [-0.25, -0.2) is 0 Å². The maximum absolute atomic E-state index is 4.38. The average molecular weight is 165 g/mol. The van der Waals surface area contributed by atoms with E-state index in [1.165, 1.54) is 5.57 Å². The molecular formula is C11H19N. The molecule has 0 atom stereocenters. The second-order valence-electron chi connectivity index (χ2n) is 5.31. The highest BCUT2D eigenvalue weighted by molar-refractivity contribution is 5.81. The van der Waals surface area contributed by atoms with Gasteiger partial charge in [0.15, 0.2) is 0 Å². The van der Waals surface area contributed by atoms with Crippen molar-refractivity contribution in [2.45, 2.75) is 34.6 Å². The minimum atomic E-state index is 0.237. The van der Waals surface area contributed by atoms with E-state index in [4.69, 9.17) is 0 Å². The van der Waals surface area contributed by atoms with Gasteiger partial charge in [-0.15, -0.1) is 0 Å². The molecule has 0 amide bonds. The lowest BCUT2D eigenvalue weighted by atomic mass is 9.79. The first kappa shape index (κ1) is 9.50. The van der Waals surface area contributed by atoms with Crippen molar-refractivity contribution < 1.29 is 0 Å². The molecule has 0 aromatic rings. The third kappa shape index (κ3) is 2.20. The number of hydrogen-bond donors (Lipinski definition) is 0. The number of nitrogens with zero attached hydrogens (tertiary/aromatic N) is 1. The van der Waals surface area contributed by atoms with Crippen molar-refractivity contribution in [1.82, 2.24) is 0 Å². The van der Waals surface area contributed by atoms with Gasteiger partial charge >= 0.3 is 0 Å². The summed E-state index contributed by atoms with van der Waals surface area (Å²) in [6.07, 6.45) is 4.37. The Morgan fingerprint density at radius 2 is 1.92 bits per heavy atom. The topological polar surface area (TPSA) is 12.4 Å². The van der Waals surface area contributed by atoms with Crippen LogP contribution in [0.1, 0.15) is 34.6 Å². The molecule has 0 aromatic heterocycles. The van der Waals surface area contributed by atoms with E-state index in [0.717, 1.165) is 6.54 Å². The third-order valence-corrected chi connectivity index (χ3v) is 2.14. The molecule has 0 bridgehead atoms. The normalized spacial score (nSPS) is 22.2. The van der Waals surface area contributed by atoms with Crippen molar-refractivity contribution in [3.05, 3.63) is 11.6 Å². The van der Waals surface area contributed by atoms with Gasteiger partial charge in [0.25, 0.3) is 0 Å². The number of allylic oxidation sites excluding steroid dienone is 1. The Balaban J connectivity index is 2.92. The molecule has 1 rings (SSSR count). The van der Waals surface area contributed by atoms with Crippen LogP contribution in [0.25, 0.3) is 0 Å². The lowest BCUT2D eigenvalue weighted by Gasteiger charge is -2.29. The van der Waals surface area contributed by atoms with Gasteiger partial charge in [-0.2, -0.15) is 0 Å². The highest BCUT2D eigenvalue weighted by Gasteiger charge is 2.23. The molecule has 0 saturated carbocycles. The van der Waals surface area contributed by atoms with E-state index in [1.807, 2.05) is 6.21 Å². The number of hydrogen-bond acceptors (Lipinski definition) is 1. The Kier molecular flexibility index (Phi) is 2.15. The van der Waals surface area contributed by atoms with Crippen LogP contribution in [0.15, 0.2) is 16.6 Å². The number of rotatable bonds is 0. The quantitative estimate of drug-likeness (QED) is 0.523. The summed E-state index contributed by atoms with van der Waals surface area (Å²) < 4.78 is 0. The molecule has 1 nitrogen and oxygen atoms in total. The van der Waals surface area contributed by atoms with Crippen LogP contribution in [0.3, 0.4) is 0 Å². The molecule has 0 aliphatic carbocycles. The average Bonchev–Trinajstić information content (AvgIpc) is 1.83. The molecule has 1 aliphatic rings. The molecule has 0 fully saturated rings. The van der Waals surface area contributed by atoms with Gasteiger partial charge in [0, 0.05) is 18.2 Å². The molecule has 1 aliphatic heterocycles. The highest BCUT2D eigenvalue weighted by atomic mass is 14.7. The number of aliphatic imine (C=N–C) groups is 1. The molecule has 1 heterocycles. The van der Waals surface area contributed by atoms with Crippen LogP contribution in [0.5, 0.6) is 0 Å². The Bertz CT molecular complexity index is 223. The summed E-state index contributed by atoms with van der Waals surface area (Å²) in [5.41, 5.74) is 1.84. The van der Waals surface area contributed by atoms with E-state index in [9.17, 15) is 0 Å². The molecule has 0 radical (unpaired) electrons. The highest BCUT2D eigenvalue weighted by Crippen LogP contribution is 2.31. The van der Waals surface area contributed by atoms with Gasteiger partial charge in [0.2, 0.25) is 0 Å². The fourth-order valence-corrected chi connectivity index (χ4v) is 1.29. The number of dihydropyridines is 1. The van der Waals surface area contributed by atoms with Gasteiger partial charge in [-0.3, -0.25) is 4.99 Å². The second kappa shape index (κ2) is 2.72. The van der Waals surface area contributed by atoms with Gasteiger partial charge < -0.3 is 0 Å². The molecule has 0 saturated heterocycles. The summed E-state index contributed by atoms with van der Waals surface area (Å²) in [7, 11) is 0. The van der Waals surface area contributed by atoms with E-state index in [0.29, 0.717) is 0 Å². The molecular weight excluding hydrogens is 146 g/mol. The Morgan fingerprint density at radius 3 is 2.25 bits per heavy atom. The van der Waals surface area contributed by atoms with Crippen LogP contribution in [0.2, 0.25) is 0 Å². The van der Waals surface area contributed by atoms with E-state index >= 15 is 0 Å². The summed E-state index contributed by atoms with van der Waals surface area (Å²) in [5.74, 6) is 0. The van der Waals surface area contributed by atoms with Crippen LogP contribution in [0, 0.1) is 10.8 Å². The summed E-state index contributed by atoms with van der Waals surface area (Å²) in [4.78, 5) is 4.38. The van der Waals surface area contributed by atoms with E-state index < -0.39 is 0 Å². The first-order chi connectivity index (χ1) is 5.31. The van der Waals surface area contributed by atoms with Crippen molar-refractivity contribution in [3.63, 3.8) is 0 Å². The summed E-state index contributed by atoms with van der Waals surface area (Å²) >= 11 is 0. The molecule has 12 heavy (non-hydrogen) atoms. The standard InChI is InChI=1S/C11H19N/c1-10(2,3)9-6-11(4,5)8-12-7-9/h6-7H,8H2,1-5H3. The maximum atomic E-state index is 4.38. The van der Waals surface area contributed by atoms with Crippen molar-refractivity contribution in [3.8, 4) is 0 Å². The largest absolute Gasteiger partial charge is 0.292 e. The second-order valence-corrected chi connectivity index (χ2v) is 5.31. The van der Waals surface area contributed by atoms with Gasteiger partial charge in [0.05, 0.1) is 0 Å². The molecule has 0 aromatic carbocycles. The third-order valence-electron chi connectivity index (χ3n) is 2.14. The first-order valence-corrected chi connectivity index (χ1v) is 4.54. The summed E-state index contributed by atoms with van der Waals surface area (Å²) in [5, 5.41) is 0. The van der Waals surface area contributed by atoms with Crippen LogP contribution in [-0.4, -0.2) is 12.8 Å². The van der Waals surface area contributed by atoms with Crippen molar-refractivity contribution in [2.24, 2.45) is 15.8 Å². The van der Waals surface area contributed by atoms with E-state index in [1.54, 1.807) is 0 Å².